The first kappa shape index (κ1) is 9.51. The van der Waals surface area contributed by atoms with Gasteiger partial charge in [-0.3, -0.25) is 0 Å². The molecule has 0 amide bonds. The molecule has 0 aliphatic carbocycles. The van der Waals surface area contributed by atoms with Crippen molar-refractivity contribution in [3.63, 3.8) is 0 Å². The van der Waals surface area contributed by atoms with Crippen LogP contribution < -0.4 is 5.73 Å². The number of nitrogen functional groups attached to an aromatic ring is 1. The largest absolute Gasteiger partial charge is 0.461 e. The summed E-state index contributed by atoms with van der Waals surface area (Å²) in [4.78, 5) is 11.4. The average molecular weight is 205 g/mol. The molecule has 0 bridgehead atoms. The SMILES string of the molecule is CCOC(=O)c1cc2cccc(N)n2n1. The predicted molar refractivity (Wildman–Crippen MR) is 55.6 cm³/mol. The molecule has 0 radical (unpaired) electrons. The van der Waals surface area contributed by atoms with Crippen LogP contribution in [0.2, 0.25) is 0 Å². The summed E-state index contributed by atoms with van der Waals surface area (Å²) in [5.74, 6) is 0.0589. The van der Waals surface area contributed by atoms with Crippen molar-refractivity contribution in [3.8, 4) is 0 Å². The van der Waals surface area contributed by atoms with Crippen LogP contribution >= 0.6 is 0 Å². The van der Waals surface area contributed by atoms with Gasteiger partial charge in [0, 0.05) is 0 Å². The van der Waals surface area contributed by atoms with Gasteiger partial charge in [-0.15, -0.1) is 0 Å². The number of hydrogen-bond donors (Lipinski definition) is 1. The van der Waals surface area contributed by atoms with E-state index in [9.17, 15) is 4.79 Å². The Kier molecular flexibility index (Phi) is 2.29. The number of fused-ring (bicyclic) bond motifs is 1. The molecule has 2 N–H and O–H groups in total. The molecular formula is C10H11N3O2. The van der Waals surface area contributed by atoms with Crippen molar-refractivity contribution < 1.29 is 9.53 Å². The fourth-order valence-electron chi connectivity index (χ4n) is 1.34. The third-order valence-electron chi connectivity index (χ3n) is 2.00. The summed E-state index contributed by atoms with van der Waals surface area (Å²) in [5, 5.41) is 4.05. The maximum atomic E-state index is 11.4. The van der Waals surface area contributed by atoms with E-state index in [2.05, 4.69) is 5.10 Å². The lowest BCUT2D eigenvalue weighted by atomic mass is 10.3. The van der Waals surface area contributed by atoms with Crippen molar-refractivity contribution >= 4 is 17.3 Å². The smallest absolute Gasteiger partial charge is 0.358 e. The molecule has 2 aromatic heterocycles. The molecule has 2 aromatic rings. The van der Waals surface area contributed by atoms with E-state index in [0.717, 1.165) is 5.52 Å². The molecule has 0 aliphatic heterocycles. The molecule has 5 nitrogen and oxygen atoms in total. The van der Waals surface area contributed by atoms with E-state index in [1.165, 1.54) is 4.52 Å². The predicted octanol–water partition coefficient (Wildman–Crippen LogP) is 1.09. The van der Waals surface area contributed by atoms with Gasteiger partial charge in [-0.05, 0) is 25.1 Å². The van der Waals surface area contributed by atoms with Gasteiger partial charge in [0.2, 0.25) is 0 Å². The number of aromatic nitrogens is 2. The molecule has 78 valence electrons. The fraction of sp³-hybridized carbons (Fsp3) is 0.200. The standard InChI is InChI=1S/C10H11N3O2/c1-2-15-10(14)8-6-7-4-3-5-9(11)13(7)12-8/h3-6H,2,11H2,1H3. The van der Waals surface area contributed by atoms with Crippen molar-refractivity contribution in [1.29, 1.82) is 0 Å². The molecule has 0 unspecified atom stereocenters. The third kappa shape index (κ3) is 1.63. The fourth-order valence-corrected chi connectivity index (χ4v) is 1.34. The molecular weight excluding hydrogens is 194 g/mol. The van der Waals surface area contributed by atoms with Gasteiger partial charge < -0.3 is 10.5 Å². The van der Waals surface area contributed by atoms with Gasteiger partial charge in [-0.2, -0.15) is 5.10 Å². The van der Waals surface area contributed by atoms with E-state index in [4.69, 9.17) is 10.5 Å². The van der Waals surface area contributed by atoms with Crippen LogP contribution in [0.5, 0.6) is 0 Å². The summed E-state index contributed by atoms with van der Waals surface area (Å²) < 4.78 is 6.35. The minimum Gasteiger partial charge on any atom is -0.461 e. The van der Waals surface area contributed by atoms with Crippen molar-refractivity contribution in [2.45, 2.75) is 6.92 Å². The van der Waals surface area contributed by atoms with Crippen LogP contribution in [0, 0.1) is 0 Å². The van der Waals surface area contributed by atoms with E-state index in [1.807, 2.05) is 6.07 Å². The van der Waals surface area contributed by atoms with Crippen LogP contribution in [-0.4, -0.2) is 22.2 Å². The Morgan fingerprint density at radius 3 is 3.07 bits per heavy atom. The summed E-state index contributed by atoms with van der Waals surface area (Å²) in [6, 6.07) is 7.00. The molecule has 0 atom stereocenters. The Bertz CT molecular complexity index is 504. The second-order valence-electron chi connectivity index (χ2n) is 3.04. The number of pyridine rings is 1. The normalized spacial score (nSPS) is 10.5. The van der Waals surface area contributed by atoms with Crippen molar-refractivity contribution in [1.82, 2.24) is 9.61 Å². The van der Waals surface area contributed by atoms with Crippen LogP contribution in [0.15, 0.2) is 24.3 Å². The number of rotatable bonds is 2. The second kappa shape index (κ2) is 3.61. The highest BCUT2D eigenvalue weighted by molar-refractivity contribution is 5.88. The zero-order valence-electron chi connectivity index (χ0n) is 8.30. The lowest BCUT2D eigenvalue weighted by molar-refractivity contribution is 0.0519. The zero-order chi connectivity index (χ0) is 10.8. The third-order valence-corrected chi connectivity index (χ3v) is 2.00. The monoisotopic (exact) mass is 205 g/mol. The number of carbonyl (C=O) groups is 1. The number of esters is 1. The summed E-state index contributed by atoms with van der Waals surface area (Å²) >= 11 is 0. The highest BCUT2D eigenvalue weighted by Crippen LogP contribution is 2.11. The zero-order valence-corrected chi connectivity index (χ0v) is 8.30. The Hall–Kier alpha value is -2.04. The summed E-state index contributed by atoms with van der Waals surface area (Å²) in [5.41, 5.74) is 6.74. The second-order valence-corrected chi connectivity index (χ2v) is 3.04. The molecule has 15 heavy (non-hydrogen) atoms. The van der Waals surface area contributed by atoms with Gasteiger partial charge in [-0.1, -0.05) is 6.07 Å². The van der Waals surface area contributed by atoms with Crippen molar-refractivity contribution in [3.05, 3.63) is 30.0 Å². The number of anilines is 1. The quantitative estimate of drug-likeness (QED) is 0.745. The average Bonchev–Trinajstić information content (AvgIpc) is 2.63. The first-order valence-electron chi connectivity index (χ1n) is 4.63. The maximum Gasteiger partial charge on any atom is 0.358 e. The van der Waals surface area contributed by atoms with E-state index in [1.54, 1.807) is 25.1 Å². The molecule has 5 heteroatoms. The van der Waals surface area contributed by atoms with Crippen LogP contribution in [0.1, 0.15) is 17.4 Å². The maximum absolute atomic E-state index is 11.4. The number of nitrogens with two attached hydrogens (primary N) is 1. The van der Waals surface area contributed by atoms with E-state index < -0.39 is 5.97 Å². The van der Waals surface area contributed by atoms with Gasteiger partial charge in [0.1, 0.15) is 5.82 Å². The number of carbonyl (C=O) groups excluding carboxylic acids is 1. The first-order valence-corrected chi connectivity index (χ1v) is 4.63. The summed E-state index contributed by atoms with van der Waals surface area (Å²) in [6.07, 6.45) is 0. The van der Waals surface area contributed by atoms with Crippen LogP contribution in [0.25, 0.3) is 5.52 Å². The topological polar surface area (TPSA) is 69.6 Å². The molecule has 0 fully saturated rings. The first-order chi connectivity index (χ1) is 7.22. The van der Waals surface area contributed by atoms with Gasteiger partial charge in [0.15, 0.2) is 5.69 Å². The van der Waals surface area contributed by atoms with Crippen LogP contribution in [-0.2, 0) is 4.74 Å². The molecule has 0 aliphatic rings. The molecule has 0 spiro atoms. The Labute approximate surface area is 86.4 Å². The Morgan fingerprint density at radius 1 is 1.60 bits per heavy atom. The molecule has 2 rings (SSSR count). The lowest BCUT2D eigenvalue weighted by Gasteiger charge is -1.97. The summed E-state index contributed by atoms with van der Waals surface area (Å²) in [6.45, 7) is 2.09. The van der Waals surface area contributed by atoms with Gasteiger partial charge in [0.05, 0.1) is 12.1 Å². The van der Waals surface area contributed by atoms with Crippen molar-refractivity contribution in [2.24, 2.45) is 0 Å². The molecule has 0 aromatic carbocycles. The molecule has 0 saturated heterocycles. The number of hydrogen-bond acceptors (Lipinski definition) is 4. The number of ether oxygens (including phenoxy) is 1. The van der Waals surface area contributed by atoms with Crippen LogP contribution in [0.4, 0.5) is 5.82 Å². The highest BCUT2D eigenvalue weighted by Gasteiger charge is 2.11. The van der Waals surface area contributed by atoms with Gasteiger partial charge >= 0.3 is 5.97 Å². The number of nitrogens with zero attached hydrogens (tertiary/aromatic N) is 2. The minimum absolute atomic E-state index is 0.273. The summed E-state index contributed by atoms with van der Waals surface area (Å²) in [7, 11) is 0. The van der Waals surface area contributed by atoms with Gasteiger partial charge in [0.25, 0.3) is 0 Å². The molecule has 0 saturated carbocycles. The minimum atomic E-state index is -0.430. The van der Waals surface area contributed by atoms with E-state index >= 15 is 0 Å². The molecule has 2 heterocycles. The Balaban J connectivity index is 2.47. The lowest BCUT2D eigenvalue weighted by Crippen LogP contribution is -2.06. The van der Waals surface area contributed by atoms with Crippen molar-refractivity contribution in [2.75, 3.05) is 12.3 Å². The van der Waals surface area contributed by atoms with Crippen LogP contribution in [0.3, 0.4) is 0 Å². The van der Waals surface area contributed by atoms with Gasteiger partial charge in [-0.25, -0.2) is 9.31 Å². The highest BCUT2D eigenvalue weighted by atomic mass is 16.5. The van der Waals surface area contributed by atoms with E-state index in [0.29, 0.717) is 12.4 Å². The Morgan fingerprint density at radius 2 is 2.40 bits per heavy atom. The van der Waals surface area contributed by atoms with E-state index in [-0.39, 0.29) is 5.69 Å².